The minimum Gasteiger partial charge on any atom is -0.372 e. The van der Waals surface area contributed by atoms with Crippen LogP contribution in [0.3, 0.4) is 0 Å². The number of unbranched alkanes of at least 4 members (excludes halogenated alkanes) is 4. The molecule has 0 fully saturated rings. The molecule has 0 bridgehead atoms. The van der Waals surface area contributed by atoms with Crippen LogP contribution in [-0.4, -0.2) is 27.4 Å². The van der Waals surface area contributed by atoms with Gasteiger partial charge in [0.2, 0.25) is 9.84 Å². The summed E-state index contributed by atoms with van der Waals surface area (Å²) in [5, 5.41) is 10.7. The van der Waals surface area contributed by atoms with Gasteiger partial charge in [-0.15, -0.1) is 0 Å². The van der Waals surface area contributed by atoms with E-state index >= 15 is 0 Å². The summed E-state index contributed by atoms with van der Waals surface area (Å²) < 4.78 is 23.2. The highest BCUT2D eigenvalue weighted by atomic mass is 32.2. The first-order valence-electron chi connectivity index (χ1n) is 8.21. The molecule has 0 amide bonds. The van der Waals surface area contributed by atoms with E-state index in [1.807, 2.05) is 12.1 Å². The molecular weight excluding hydrogens is 298 g/mol. The van der Waals surface area contributed by atoms with Crippen molar-refractivity contribution >= 4 is 15.5 Å². The van der Waals surface area contributed by atoms with Crippen LogP contribution < -0.4 is 4.90 Å². The van der Waals surface area contributed by atoms with E-state index < -0.39 is 15.8 Å². The molecule has 4 nitrogen and oxygen atoms in total. The standard InChI is InChI=1S/C17H28NO3S/c1-3-5-7-13-18(14-8-6-4-2)16-9-11-17(12-10-16)22(20,21)15-19/h9-12H,3-8,13-15H2,1-2H3. The molecule has 22 heavy (non-hydrogen) atoms. The van der Waals surface area contributed by atoms with Crippen molar-refractivity contribution in [3.05, 3.63) is 24.3 Å². The number of sulfone groups is 1. The van der Waals surface area contributed by atoms with E-state index in [9.17, 15) is 13.5 Å². The lowest BCUT2D eigenvalue weighted by atomic mass is 10.2. The largest absolute Gasteiger partial charge is 0.372 e. The van der Waals surface area contributed by atoms with E-state index in [1.54, 1.807) is 12.1 Å². The van der Waals surface area contributed by atoms with Gasteiger partial charge in [0.05, 0.1) is 4.90 Å². The van der Waals surface area contributed by atoms with Crippen LogP contribution >= 0.6 is 0 Å². The van der Waals surface area contributed by atoms with E-state index in [4.69, 9.17) is 0 Å². The van der Waals surface area contributed by atoms with Gasteiger partial charge in [-0.05, 0) is 37.1 Å². The summed E-state index contributed by atoms with van der Waals surface area (Å²) in [5.41, 5.74) is 1.04. The topological polar surface area (TPSA) is 57.3 Å². The fourth-order valence-corrected chi connectivity index (χ4v) is 3.09. The second kappa shape index (κ2) is 9.85. The average molecular weight is 326 g/mol. The molecule has 0 aliphatic rings. The molecular formula is C17H28NO3S. The maximum atomic E-state index is 11.6. The van der Waals surface area contributed by atoms with Crippen LogP contribution in [0.5, 0.6) is 0 Å². The smallest absolute Gasteiger partial charge is 0.205 e. The Morgan fingerprint density at radius 2 is 1.36 bits per heavy atom. The zero-order chi connectivity index (χ0) is 16.4. The normalized spacial score (nSPS) is 11.6. The van der Waals surface area contributed by atoms with Crippen LogP contribution in [-0.2, 0) is 14.9 Å². The molecule has 0 heterocycles. The Balaban J connectivity index is 2.79. The average Bonchev–Trinajstić information content (AvgIpc) is 2.54. The molecule has 1 rings (SSSR count). The monoisotopic (exact) mass is 326 g/mol. The number of benzene rings is 1. The van der Waals surface area contributed by atoms with Crippen molar-refractivity contribution in [3.8, 4) is 0 Å². The van der Waals surface area contributed by atoms with E-state index in [1.165, 1.54) is 25.7 Å². The fourth-order valence-electron chi connectivity index (χ4n) is 2.41. The van der Waals surface area contributed by atoms with Crippen LogP contribution in [0.2, 0.25) is 0 Å². The maximum Gasteiger partial charge on any atom is 0.205 e. The Labute approximate surface area is 135 Å². The van der Waals surface area contributed by atoms with Crippen molar-refractivity contribution in [1.82, 2.24) is 0 Å². The molecule has 0 N–H and O–H groups in total. The summed E-state index contributed by atoms with van der Waals surface area (Å²) in [6.45, 7) is 6.35. The van der Waals surface area contributed by atoms with E-state index in [0.29, 0.717) is 0 Å². The highest BCUT2D eigenvalue weighted by molar-refractivity contribution is 7.91. The van der Waals surface area contributed by atoms with Gasteiger partial charge in [0.25, 0.3) is 0 Å². The Morgan fingerprint density at radius 1 is 0.864 bits per heavy atom. The molecule has 0 saturated heterocycles. The van der Waals surface area contributed by atoms with Crippen molar-refractivity contribution in [2.45, 2.75) is 57.3 Å². The van der Waals surface area contributed by atoms with Crippen molar-refractivity contribution in [2.75, 3.05) is 23.9 Å². The Hall–Kier alpha value is -1.07. The Morgan fingerprint density at radius 3 is 1.77 bits per heavy atom. The van der Waals surface area contributed by atoms with Crippen LogP contribution in [0.4, 0.5) is 5.69 Å². The molecule has 1 radical (unpaired) electrons. The second-order valence-corrected chi connectivity index (χ2v) is 7.56. The van der Waals surface area contributed by atoms with Gasteiger partial charge in [-0.3, -0.25) is 0 Å². The number of rotatable bonds is 11. The lowest BCUT2D eigenvalue weighted by molar-refractivity contribution is 0.250. The summed E-state index contributed by atoms with van der Waals surface area (Å²) >= 11 is 0. The van der Waals surface area contributed by atoms with Gasteiger partial charge in [-0.25, -0.2) is 13.5 Å². The predicted molar refractivity (Wildman–Crippen MR) is 90.4 cm³/mol. The van der Waals surface area contributed by atoms with Crippen molar-refractivity contribution in [1.29, 1.82) is 0 Å². The summed E-state index contributed by atoms with van der Waals surface area (Å²) in [6.07, 6.45) is 7.05. The first-order valence-corrected chi connectivity index (χ1v) is 9.86. The van der Waals surface area contributed by atoms with Gasteiger partial charge in [-0.1, -0.05) is 39.5 Å². The van der Waals surface area contributed by atoms with Crippen LogP contribution in [0, 0.1) is 0 Å². The lowest BCUT2D eigenvalue weighted by Gasteiger charge is -2.25. The Bertz CT molecular complexity index is 501. The summed E-state index contributed by atoms with van der Waals surface area (Å²) in [5.74, 6) is -1.09. The molecule has 0 aliphatic carbocycles. The molecule has 0 aromatic heterocycles. The van der Waals surface area contributed by atoms with E-state index in [-0.39, 0.29) is 4.90 Å². The third kappa shape index (κ3) is 5.97. The van der Waals surface area contributed by atoms with Crippen molar-refractivity contribution in [2.24, 2.45) is 0 Å². The Kier molecular flexibility index (Phi) is 8.49. The molecule has 1 aromatic carbocycles. The lowest BCUT2D eigenvalue weighted by Crippen LogP contribution is -2.25. The molecule has 0 aliphatic heterocycles. The first kappa shape index (κ1) is 19.0. The van der Waals surface area contributed by atoms with Crippen molar-refractivity contribution < 1.29 is 13.5 Å². The first-order chi connectivity index (χ1) is 10.5. The highest BCUT2D eigenvalue weighted by Gasteiger charge is 2.14. The second-order valence-electron chi connectivity index (χ2n) is 5.63. The summed E-state index contributed by atoms with van der Waals surface area (Å²) in [7, 11) is -3.66. The quantitative estimate of drug-likeness (QED) is 0.577. The third-order valence-electron chi connectivity index (χ3n) is 3.78. The molecule has 5 heteroatoms. The minimum atomic E-state index is -3.66. The van der Waals surface area contributed by atoms with Crippen LogP contribution in [0.25, 0.3) is 0 Å². The van der Waals surface area contributed by atoms with E-state index in [2.05, 4.69) is 18.7 Å². The maximum absolute atomic E-state index is 11.6. The molecule has 0 saturated carbocycles. The van der Waals surface area contributed by atoms with Gasteiger partial charge in [0.15, 0.2) is 5.94 Å². The van der Waals surface area contributed by atoms with Gasteiger partial charge in [0.1, 0.15) is 0 Å². The van der Waals surface area contributed by atoms with Crippen LogP contribution in [0.15, 0.2) is 29.2 Å². The number of nitrogens with zero attached hydrogens (tertiary/aromatic N) is 1. The molecule has 0 atom stereocenters. The van der Waals surface area contributed by atoms with Crippen molar-refractivity contribution in [3.63, 3.8) is 0 Å². The zero-order valence-electron chi connectivity index (χ0n) is 13.8. The van der Waals surface area contributed by atoms with Crippen LogP contribution in [0.1, 0.15) is 52.4 Å². The molecule has 0 unspecified atom stereocenters. The van der Waals surface area contributed by atoms with E-state index in [0.717, 1.165) is 31.6 Å². The summed E-state index contributed by atoms with van der Waals surface area (Å²) in [4.78, 5) is 2.44. The SMILES string of the molecule is CCCCCN(CCCCC)c1ccc(S(=O)(=O)C[O])cc1. The van der Waals surface area contributed by atoms with Gasteiger partial charge in [0, 0.05) is 18.8 Å². The fraction of sp³-hybridized carbons (Fsp3) is 0.647. The summed E-state index contributed by atoms with van der Waals surface area (Å²) in [6, 6.07) is 6.74. The van der Waals surface area contributed by atoms with Gasteiger partial charge in [-0.2, -0.15) is 0 Å². The number of anilines is 1. The highest BCUT2D eigenvalue weighted by Crippen LogP contribution is 2.20. The molecule has 1 aromatic rings. The zero-order valence-corrected chi connectivity index (χ0v) is 14.6. The molecule has 125 valence electrons. The van der Waals surface area contributed by atoms with Gasteiger partial charge >= 0.3 is 0 Å². The molecule has 0 spiro atoms. The number of hydrogen-bond donors (Lipinski definition) is 0. The third-order valence-corrected chi connectivity index (χ3v) is 5.08. The van der Waals surface area contributed by atoms with Gasteiger partial charge < -0.3 is 4.90 Å². The number of hydrogen-bond acceptors (Lipinski definition) is 3. The predicted octanol–water partition coefficient (Wildman–Crippen LogP) is 4.04. The minimum absolute atomic E-state index is 0.119.